The van der Waals surface area contributed by atoms with E-state index in [0.717, 1.165) is 0 Å². The van der Waals surface area contributed by atoms with Crippen molar-refractivity contribution in [3.05, 3.63) is 121 Å². The summed E-state index contributed by atoms with van der Waals surface area (Å²) in [5.74, 6) is -1.18. The van der Waals surface area contributed by atoms with E-state index in [9.17, 15) is 9.59 Å². The maximum atomic E-state index is 13.6. The first-order chi connectivity index (χ1) is 17.8. The molecule has 1 amide bonds. The molecule has 3 aromatic carbocycles. The molecule has 9 heteroatoms. The van der Waals surface area contributed by atoms with Crippen LogP contribution >= 0.6 is 46.1 Å². The van der Waals surface area contributed by atoms with E-state index < -0.39 is 5.92 Å². The van der Waals surface area contributed by atoms with Crippen LogP contribution < -0.4 is 16.4 Å². The van der Waals surface area contributed by atoms with Crippen LogP contribution in [0, 0.1) is 0 Å². The van der Waals surface area contributed by atoms with Gasteiger partial charge in [0.05, 0.1) is 20.7 Å². The Morgan fingerprint density at radius 3 is 2.32 bits per heavy atom. The van der Waals surface area contributed by atoms with Gasteiger partial charge in [0.25, 0.3) is 5.91 Å². The SMILES string of the molecule is CC1=C(C(=O)Nc2ccccc2)[C@H](c2ccccc2Cl)c2c(sc(C(=O)c3ccc(Cl)c(Cl)c3)c2N)N1. The van der Waals surface area contributed by atoms with Crippen LogP contribution in [0.3, 0.4) is 0 Å². The number of ketones is 1. The summed E-state index contributed by atoms with van der Waals surface area (Å²) in [6, 6.07) is 21.2. The van der Waals surface area contributed by atoms with Gasteiger partial charge in [-0.1, -0.05) is 71.2 Å². The van der Waals surface area contributed by atoms with Crippen LogP contribution in [-0.4, -0.2) is 11.7 Å². The van der Waals surface area contributed by atoms with Gasteiger partial charge in [-0.3, -0.25) is 9.59 Å². The minimum absolute atomic E-state index is 0.275. The molecule has 0 saturated carbocycles. The van der Waals surface area contributed by atoms with Gasteiger partial charge in [0, 0.05) is 39.0 Å². The highest BCUT2D eigenvalue weighted by Crippen LogP contribution is 2.51. The number of nitrogens with one attached hydrogen (secondary N) is 2. The van der Waals surface area contributed by atoms with E-state index in [4.69, 9.17) is 40.5 Å². The summed E-state index contributed by atoms with van der Waals surface area (Å²) < 4.78 is 0. The van der Waals surface area contributed by atoms with Crippen molar-refractivity contribution in [1.29, 1.82) is 0 Å². The molecule has 4 aromatic rings. The first-order valence-electron chi connectivity index (χ1n) is 11.3. The minimum Gasteiger partial charge on any atom is -0.397 e. The second-order valence-corrected chi connectivity index (χ2v) is 10.7. The zero-order valence-electron chi connectivity index (χ0n) is 19.4. The molecule has 1 atom stereocenters. The van der Waals surface area contributed by atoms with Gasteiger partial charge in [-0.15, -0.1) is 11.3 Å². The fourth-order valence-corrected chi connectivity index (χ4v) is 6.13. The number of nitrogen functional groups attached to an aromatic ring is 1. The number of halogens is 3. The standard InChI is InChI=1S/C28H20Cl3N3O2S/c1-14-21(27(36)34-16-7-3-2-4-8-16)22(17-9-5-6-10-18(17)29)23-24(32)26(37-28(23)33-14)25(35)15-11-12-19(30)20(31)13-15/h2-13,22,33H,32H2,1H3,(H,34,36)/t22-/m0/s1. The van der Waals surface area contributed by atoms with Crippen molar-refractivity contribution in [2.24, 2.45) is 0 Å². The molecule has 0 fully saturated rings. The molecule has 0 aliphatic carbocycles. The summed E-state index contributed by atoms with van der Waals surface area (Å²) >= 11 is 20.1. The number of benzene rings is 3. The number of hydrogen-bond acceptors (Lipinski definition) is 5. The average molecular weight is 569 g/mol. The lowest BCUT2D eigenvalue weighted by molar-refractivity contribution is -0.113. The van der Waals surface area contributed by atoms with E-state index in [2.05, 4.69) is 10.6 Å². The number of amides is 1. The van der Waals surface area contributed by atoms with Crippen molar-refractivity contribution in [3.8, 4) is 0 Å². The van der Waals surface area contributed by atoms with Gasteiger partial charge >= 0.3 is 0 Å². The third kappa shape index (κ3) is 4.74. The number of rotatable bonds is 5. The van der Waals surface area contributed by atoms with Crippen molar-refractivity contribution in [3.63, 3.8) is 0 Å². The van der Waals surface area contributed by atoms with E-state index in [0.29, 0.717) is 53.6 Å². The zero-order chi connectivity index (χ0) is 26.3. The molecule has 0 bridgehead atoms. The van der Waals surface area contributed by atoms with E-state index in [1.54, 1.807) is 18.2 Å². The molecule has 186 valence electrons. The molecule has 0 saturated heterocycles. The van der Waals surface area contributed by atoms with Crippen LogP contribution in [0.25, 0.3) is 0 Å². The summed E-state index contributed by atoms with van der Waals surface area (Å²) in [6.07, 6.45) is 0. The molecule has 1 aliphatic rings. The molecule has 0 unspecified atom stereocenters. The number of fused-ring (bicyclic) bond motifs is 1. The number of nitrogens with two attached hydrogens (primary N) is 1. The summed E-state index contributed by atoms with van der Waals surface area (Å²) in [6.45, 7) is 1.82. The van der Waals surface area contributed by atoms with Crippen LogP contribution in [0.5, 0.6) is 0 Å². The number of hydrogen-bond donors (Lipinski definition) is 3. The molecule has 5 rings (SSSR count). The summed E-state index contributed by atoms with van der Waals surface area (Å²) in [7, 11) is 0. The molecule has 1 aliphatic heterocycles. The topological polar surface area (TPSA) is 84.2 Å². The van der Waals surface area contributed by atoms with E-state index in [-0.39, 0.29) is 22.4 Å². The zero-order valence-corrected chi connectivity index (χ0v) is 22.5. The summed E-state index contributed by atoms with van der Waals surface area (Å²) in [5, 5.41) is 8.06. The van der Waals surface area contributed by atoms with Gasteiger partial charge in [0.15, 0.2) is 0 Å². The highest BCUT2D eigenvalue weighted by molar-refractivity contribution is 7.19. The average Bonchev–Trinajstić information content (AvgIpc) is 3.21. The molecule has 0 spiro atoms. The van der Waals surface area contributed by atoms with Gasteiger partial charge in [-0.2, -0.15) is 0 Å². The normalized spacial score (nSPS) is 14.6. The molecule has 0 radical (unpaired) electrons. The van der Waals surface area contributed by atoms with Gasteiger partial charge in [0.2, 0.25) is 5.78 Å². The lowest BCUT2D eigenvalue weighted by atomic mass is 9.81. The third-order valence-electron chi connectivity index (χ3n) is 6.15. The highest BCUT2D eigenvalue weighted by atomic mass is 35.5. The summed E-state index contributed by atoms with van der Waals surface area (Å²) in [5.41, 5.74) is 10.4. The lowest BCUT2D eigenvalue weighted by Gasteiger charge is -2.29. The lowest BCUT2D eigenvalue weighted by Crippen LogP contribution is -2.27. The molecular formula is C28H20Cl3N3O2S. The number of carbonyl (C=O) groups excluding carboxylic acids is 2. The van der Waals surface area contributed by atoms with Crippen molar-refractivity contribution in [2.45, 2.75) is 12.8 Å². The predicted molar refractivity (Wildman–Crippen MR) is 153 cm³/mol. The summed E-state index contributed by atoms with van der Waals surface area (Å²) in [4.78, 5) is 27.5. The van der Waals surface area contributed by atoms with Crippen LogP contribution in [-0.2, 0) is 4.79 Å². The first-order valence-corrected chi connectivity index (χ1v) is 13.2. The molecule has 4 N–H and O–H groups in total. The number of thiophene rings is 1. The molecular weight excluding hydrogens is 549 g/mol. The van der Waals surface area contributed by atoms with Crippen LogP contribution in [0.4, 0.5) is 16.4 Å². The second-order valence-electron chi connectivity index (χ2n) is 8.48. The van der Waals surface area contributed by atoms with E-state index in [1.165, 1.54) is 17.4 Å². The second kappa shape index (κ2) is 10.2. The van der Waals surface area contributed by atoms with Crippen molar-refractivity contribution >= 4 is 74.2 Å². The number of carbonyl (C=O) groups is 2. The Hall–Kier alpha value is -3.29. The largest absolute Gasteiger partial charge is 0.397 e. The fourth-order valence-electron chi connectivity index (χ4n) is 4.41. The van der Waals surface area contributed by atoms with Gasteiger partial charge in [0.1, 0.15) is 4.88 Å². The van der Waals surface area contributed by atoms with Gasteiger partial charge in [-0.25, -0.2) is 0 Å². The van der Waals surface area contributed by atoms with Crippen molar-refractivity contribution < 1.29 is 9.59 Å². The predicted octanol–water partition coefficient (Wildman–Crippen LogP) is 7.99. The maximum absolute atomic E-state index is 13.6. The molecule has 2 heterocycles. The monoisotopic (exact) mass is 567 g/mol. The Bertz CT molecular complexity index is 1580. The van der Waals surface area contributed by atoms with E-state index in [1.807, 2.05) is 55.5 Å². The molecule has 1 aromatic heterocycles. The van der Waals surface area contributed by atoms with Crippen molar-refractivity contribution in [1.82, 2.24) is 0 Å². The Morgan fingerprint density at radius 2 is 1.62 bits per heavy atom. The van der Waals surface area contributed by atoms with Crippen LogP contribution in [0.2, 0.25) is 15.1 Å². The number of anilines is 3. The molecule has 37 heavy (non-hydrogen) atoms. The fraction of sp³-hybridized carbons (Fsp3) is 0.0714. The Morgan fingerprint density at radius 1 is 0.919 bits per heavy atom. The minimum atomic E-state index is -0.597. The first kappa shape index (κ1) is 25.4. The Kier molecular flexibility index (Phi) is 7.01. The van der Waals surface area contributed by atoms with Gasteiger partial charge in [-0.05, 0) is 48.9 Å². The Labute approximate surface area is 232 Å². The van der Waals surface area contributed by atoms with Crippen LogP contribution in [0.1, 0.15) is 39.2 Å². The Balaban J connectivity index is 1.64. The van der Waals surface area contributed by atoms with Gasteiger partial charge < -0.3 is 16.4 Å². The quantitative estimate of drug-likeness (QED) is 0.213. The third-order valence-corrected chi connectivity index (χ3v) is 8.37. The highest BCUT2D eigenvalue weighted by Gasteiger charge is 2.38. The maximum Gasteiger partial charge on any atom is 0.254 e. The van der Waals surface area contributed by atoms with E-state index >= 15 is 0 Å². The number of para-hydroxylation sites is 1. The smallest absolute Gasteiger partial charge is 0.254 e. The van der Waals surface area contributed by atoms with Crippen LogP contribution in [0.15, 0.2) is 84.1 Å². The van der Waals surface area contributed by atoms with Crippen molar-refractivity contribution in [2.75, 3.05) is 16.4 Å². The number of allylic oxidation sites excluding steroid dienone is 1. The molecule has 5 nitrogen and oxygen atoms in total.